The number of rotatable bonds is 9. The van der Waals surface area contributed by atoms with Gasteiger partial charge in [-0.05, 0) is 42.3 Å². The van der Waals surface area contributed by atoms with Gasteiger partial charge in [0.1, 0.15) is 16.7 Å². The number of unbranched alkanes of at least 4 members (excludes halogenated alkanes) is 3. The van der Waals surface area contributed by atoms with Crippen molar-refractivity contribution in [3.63, 3.8) is 0 Å². The highest BCUT2D eigenvalue weighted by atomic mass is 32.2. The quantitative estimate of drug-likeness (QED) is 0.461. The molecule has 0 aromatic heterocycles. The van der Waals surface area contributed by atoms with E-state index in [9.17, 15) is 13.7 Å². The predicted octanol–water partition coefficient (Wildman–Crippen LogP) is 4.98. The van der Waals surface area contributed by atoms with E-state index >= 15 is 0 Å². The van der Waals surface area contributed by atoms with Crippen LogP contribution in [0.3, 0.4) is 0 Å². The summed E-state index contributed by atoms with van der Waals surface area (Å²) in [6, 6.07) is 16.8. The molecule has 0 N–H and O–H groups in total. The van der Waals surface area contributed by atoms with E-state index in [0.717, 1.165) is 18.6 Å². The molecule has 26 heavy (non-hydrogen) atoms. The Morgan fingerprint density at radius 1 is 1.04 bits per heavy atom. The molecule has 0 aliphatic rings. The molecule has 0 fully saturated rings. The van der Waals surface area contributed by atoms with Crippen molar-refractivity contribution in [1.82, 2.24) is 0 Å². The summed E-state index contributed by atoms with van der Waals surface area (Å²) >= 11 is 0. The van der Waals surface area contributed by atoms with Crippen LogP contribution in [0.15, 0.2) is 64.4 Å². The Morgan fingerprint density at radius 2 is 1.73 bits per heavy atom. The second-order valence-electron chi connectivity index (χ2n) is 5.92. The molecule has 0 aliphatic carbocycles. The summed E-state index contributed by atoms with van der Waals surface area (Å²) in [5.74, 6) is 0.739. The Morgan fingerprint density at radius 3 is 2.35 bits per heavy atom. The zero-order valence-corrected chi connectivity index (χ0v) is 15.7. The van der Waals surface area contributed by atoms with Gasteiger partial charge in [-0.3, -0.25) is 0 Å². The fourth-order valence-electron chi connectivity index (χ4n) is 2.43. The molecule has 0 bridgehead atoms. The van der Waals surface area contributed by atoms with Gasteiger partial charge in [-0.2, -0.15) is 5.26 Å². The van der Waals surface area contributed by atoms with Gasteiger partial charge in [-0.15, -0.1) is 0 Å². The predicted molar refractivity (Wildman–Crippen MR) is 103 cm³/mol. The van der Waals surface area contributed by atoms with Crippen LogP contribution in [0.2, 0.25) is 0 Å². The van der Waals surface area contributed by atoms with Crippen molar-refractivity contribution >= 4 is 15.9 Å². The molecule has 136 valence electrons. The van der Waals surface area contributed by atoms with Crippen LogP contribution < -0.4 is 4.74 Å². The minimum atomic E-state index is -3.81. The maximum absolute atomic E-state index is 12.5. The van der Waals surface area contributed by atoms with Crippen LogP contribution in [0.25, 0.3) is 6.08 Å². The average molecular weight is 369 g/mol. The van der Waals surface area contributed by atoms with E-state index in [1.165, 1.54) is 31.1 Å². The summed E-state index contributed by atoms with van der Waals surface area (Å²) in [5, 5.41) is 9.30. The van der Waals surface area contributed by atoms with Gasteiger partial charge in [0, 0.05) is 0 Å². The van der Waals surface area contributed by atoms with Crippen molar-refractivity contribution in [1.29, 1.82) is 5.26 Å². The first-order valence-electron chi connectivity index (χ1n) is 8.72. The number of sulfone groups is 1. The van der Waals surface area contributed by atoms with Crippen molar-refractivity contribution in [2.75, 3.05) is 6.61 Å². The van der Waals surface area contributed by atoms with Gasteiger partial charge in [-0.25, -0.2) is 8.42 Å². The van der Waals surface area contributed by atoms with Crippen molar-refractivity contribution in [2.45, 2.75) is 37.5 Å². The number of hydrogen-bond acceptors (Lipinski definition) is 4. The molecule has 0 spiro atoms. The first kappa shape index (κ1) is 19.7. The summed E-state index contributed by atoms with van der Waals surface area (Å²) in [5.41, 5.74) is 0.638. The fraction of sp³-hybridized carbons (Fsp3) is 0.286. The highest BCUT2D eigenvalue weighted by molar-refractivity contribution is 7.95. The molecule has 0 radical (unpaired) electrons. The number of nitriles is 1. The molecular formula is C21H23NO3S. The van der Waals surface area contributed by atoms with Crippen molar-refractivity contribution in [3.05, 3.63) is 65.1 Å². The van der Waals surface area contributed by atoms with Crippen molar-refractivity contribution in [2.24, 2.45) is 0 Å². The van der Waals surface area contributed by atoms with Crippen LogP contribution in [-0.4, -0.2) is 15.0 Å². The molecule has 5 heteroatoms. The smallest absolute Gasteiger partial charge is 0.216 e. The minimum absolute atomic E-state index is 0.111. The van der Waals surface area contributed by atoms with Crippen LogP contribution >= 0.6 is 0 Å². The first-order chi connectivity index (χ1) is 12.6. The minimum Gasteiger partial charge on any atom is -0.494 e. The van der Waals surface area contributed by atoms with Gasteiger partial charge in [-0.1, -0.05) is 56.5 Å². The van der Waals surface area contributed by atoms with Crippen LogP contribution in [0.4, 0.5) is 0 Å². The average Bonchev–Trinajstić information content (AvgIpc) is 2.67. The van der Waals surface area contributed by atoms with Crippen LogP contribution in [0.5, 0.6) is 5.75 Å². The molecule has 0 unspecified atom stereocenters. The number of nitrogens with zero attached hydrogens (tertiary/aromatic N) is 1. The van der Waals surface area contributed by atoms with Gasteiger partial charge in [0.25, 0.3) is 0 Å². The summed E-state index contributed by atoms with van der Waals surface area (Å²) in [4.78, 5) is -0.170. The molecule has 2 aromatic carbocycles. The monoisotopic (exact) mass is 369 g/mol. The largest absolute Gasteiger partial charge is 0.494 e. The third-order valence-corrected chi connectivity index (χ3v) is 5.58. The van der Waals surface area contributed by atoms with Crippen molar-refractivity contribution < 1.29 is 13.2 Å². The van der Waals surface area contributed by atoms with E-state index in [4.69, 9.17) is 4.74 Å². The second kappa shape index (κ2) is 9.79. The van der Waals surface area contributed by atoms with Crippen LogP contribution in [-0.2, 0) is 9.84 Å². The molecule has 0 heterocycles. The van der Waals surface area contributed by atoms with Gasteiger partial charge in [0.15, 0.2) is 0 Å². The second-order valence-corrected chi connectivity index (χ2v) is 7.83. The summed E-state index contributed by atoms with van der Waals surface area (Å²) < 4.78 is 30.8. The molecule has 0 saturated carbocycles. The molecular weight excluding hydrogens is 346 g/mol. The summed E-state index contributed by atoms with van der Waals surface area (Å²) in [6.45, 7) is 2.83. The summed E-state index contributed by atoms with van der Waals surface area (Å²) in [6.07, 6.45) is 5.95. The zero-order valence-electron chi connectivity index (χ0n) is 14.9. The normalized spacial score (nSPS) is 11.8. The van der Waals surface area contributed by atoms with E-state index in [0.29, 0.717) is 12.2 Å². The van der Waals surface area contributed by atoms with E-state index < -0.39 is 9.84 Å². The van der Waals surface area contributed by atoms with E-state index in [2.05, 4.69) is 6.92 Å². The lowest BCUT2D eigenvalue weighted by molar-refractivity contribution is 0.305. The van der Waals surface area contributed by atoms with Gasteiger partial charge < -0.3 is 4.74 Å². The standard InChI is InChI=1S/C21H23NO3S/c1-2-3-4-8-15-25-19-13-11-18(12-14-19)16-21(17-22)26(23,24)20-9-6-5-7-10-20/h5-7,9-14,16H,2-4,8,15H2,1H3. The molecule has 4 nitrogen and oxygen atoms in total. The third kappa shape index (κ3) is 5.47. The molecule has 0 saturated heterocycles. The first-order valence-corrected chi connectivity index (χ1v) is 10.2. The van der Waals surface area contributed by atoms with E-state index in [1.807, 2.05) is 0 Å². The number of ether oxygens (including phenoxy) is 1. The van der Waals surface area contributed by atoms with Crippen LogP contribution in [0.1, 0.15) is 38.2 Å². The molecule has 2 aromatic rings. The lowest BCUT2D eigenvalue weighted by Crippen LogP contribution is -2.03. The number of hydrogen-bond donors (Lipinski definition) is 0. The maximum atomic E-state index is 12.5. The zero-order chi connectivity index (χ0) is 18.8. The SMILES string of the molecule is CCCCCCOc1ccc(C=C(C#N)S(=O)(=O)c2ccccc2)cc1. The molecule has 0 aliphatic heterocycles. The Labute approximate surface area is 155 Å². The van der Waals surface area contributed by atoms with Crippen molar-refractivity contribution in [3.8, 4) is 11.8 Å². The fourth-order valence-corrected chi connectivity index (χ4v) is 3.61. The highest BCUT2D eigenvalue weighted by Gasteiger charge is 2.20. The molecule has 0 amide bonds. The van der Waals surface area contributed by atoms with E-state index in [1.54, 1.807) is 48.5 Å². The van der Waals surface area contributed by atoms with Gasteiger partial charge in [0.2, 0.25) is 9.84 Å². The topological polar surface area (TPSA) is 67.2 Å². The Balaban J connectivity index is 2.09. The Bertz CT molecular complexity index is 864. The Hall–Kier alpha value is -2.58. The molecule has 2 rings (SSSR count). The number of benzene rings is 2. The lowest BCUT2D eigenvalue weighted by atomic mass is 10.2. The Kier molecular flexibility index (Phi) is 7.43. The summed E-state index contributed by atoms with van der Waals surface area (Å²) in [7, 11) is -3.81. The highest BCUT2D eigenvalue weighted by Crippen LogP contribution is 2.22. The molecule has 0 atom stereocenters. The van der Waals surface area contributed by atoms with Gasteiger partial charge in [0.05, 0.1) is 11.5 Å². The van der Waals surface area contributed by atoms with Crippen LogP contribution in [0, 0.1) is 11.3 Å². The third-order valence-electron chi connectivity index (χ3n) is 3.90. The van der Waals surface area contributed by atoms with E-state index in [-0.39, 0.29) is 9.80 Å². The number of allylic oxidation sites excluding steroid dienone is 1. The lowest BCUT2D eigenvalue weighted by Gasteiger charge is -2.06. The maximum Gasteiger partial charge on any atom is 0.216 e. The van der Waals surface area contributed by atoms with Gasteiger partial charge >= 0.3 is 0 Å².